The van der Waals surface area contributed by atoms with Crippen molar-refractivity contribution in [3.05, 3.63) is 165 Å². The van der Waals surface area contributed by atoms with Crippen LogP contribution in [-0.4, -0.2) is 30.3 Å². The summed E-state index contributed by atoms with van der Waals surface area (Å²) in [5.74, 6) is -1.70. The summed E-state index contributed by atoms with van der Waals surface area (Å²) in [5, 5.41) is 8.61. The Morgan fingerprint density at radius 1 is 0.750 bits per heavy atom. The van der Waals surface area contributed by atoms with Crippen molar-refractivity contribution < 1.29 is 23.9 Å². The molecule has 0 saturated heterocycles. The summed E-state index contributed by atoms with van der Waals surface area (Å²) in [4.78, 5) is 53.3. The molecule has 5 rings (SSSR count). The first-order chi connectivity index (χ1) is 25.2. The van der Waals surface area contributed by atoms with Crippen LogP contribution >= 0.6 is 35.0 Å². The largest absolute Gasteiger partial charge is 0.462 e. The Bertz CT molecular complexity index is 2040. The molecule has 3 amide bonds. The number of ether oxygens (including phenoxy) is 1. The minimum atomic E-state index is -0.618. The van der Waals surface area contributed by atoms with Gasteiger partial charge in [0.1, 0.15) is 10.9 Å². The van der Waals surface area contributed by atoms with Gasteiger partial charge in [0.05, 0.1) is 12.2 Å². The number of nitrogens with one attached hydrogen (secondary N) is 3. The van der Waals surface area contributed by atoms with Crippen LogP contribution in [-0.2, 0) is 14.3 Å². The minimum Gasteiger partial charge on any atom is -0.462 e. The second-order valence-electron chi connectivity index (χ2n) is 11.5. The fourth-order valence-corrected chi connectivity index (χ4v) is 6.35. The van der Waals surface area contributed by atoms with Gasteiger partial charge in [-0.25, -0.2) is 4.79 Å². The molecule has 1 unspecified atom stereocenters. The third kappa shape index (κ3) is 10.8. The molecule has 1 atom stereocenters. The van der Waals surface area contributed by atoms with Crippen LogP contribution in [0.4, 0.5) is 11.4 Å². The van der Waals surface area contributed by atoms with Gasteiger partial charge in [-0.15, -0.1) is 11.8 Å². The number of thioether (sulfide) groups is 1. The number of unbranched alkanes of at least 4 members (excludes halogenated alkanes) is 1. The van der Waals surface area contributed by atoms with Gasteiger partial charge >= 0.3 is 5.97 Å². The molecule has 8 nitrogen and oxygen atoms in total. The standard InChI is InChI=1S/C41H35Cl2N3O5S/c1-2-3-24-51-41(50)29-15-18-32(19-16-29)45-40(49)37(27-10-6-4-7-11-27)52-34-22-20-33(21-23-34)44-39(48)36(25-30-14-17-31(42)26-35(30)43)46-38(47)28-12-8-5-9-13-28/h4-23,25-26,37H,2-3,24H2,1H3,(H,44,48)(H,45,49)(H,46,47)/b36-25-. The van der Waals surface area contributed by atoms with Crippen molar-refractivity contribution in [3.8, 4) is 0 Å². The highest BCUT2D eigenvalue weighted by Gasteiger charge is 2.23. The normalized spacial score (nSPS) is 11.6. The highest BCUT2D eigenvalue weighted by Crippen LogP contribution is 2.37. The smallest absolute Gasteiger partial charge is 0.338 e. The van der Waals surface area contributed by atoms with E-state index in [1.807, 2.05) is 37.3 Å². The van der Waals surface area contributed by atoms with E-state index in [0.717, 1.165) is 23.3 Å². The van der Waals surface area contributed by atoms with Crippen molar-refractivity contribution in [1.82, 2.24) is 5.32 Å². The summed E-state index contributed by atoms with van der Waals surface area (Å²) >= 11 is 13.8. The zero-order valence-electron chi connectivity index (χ0n) is 28.1. The van der Waals surface area contributed by atoms with E-state index in [1.54, 1.807) is 97.1 Å². The fraction of sp³-hybridized carbons (Fsp3) is 0.122. The number of benzene rings is 5. The lowest BCUT2D eigenvalue weighted by Gasteiger charge is -2.18. The molecule has 0 spiro atoms. The second-order valence-corrected chi connectivity index (χ2v) is 13.5. The number of carbonyl (C=O) groups excluding carboxylic acids is 4. The molecule has 5 aromatic carbocycles. The summed E-state index contributed by atoms with van der Waals surface area (Å²) in [6, 6.07) is 36.4. The molecule has 0 bridgehead atoms. The van der Waals surface area contributed by atoms with Crippen molar-refractivity contribution >= 4 is 76.1 Å². The Balaban J connectivity index is 1.29. The third-order valence-corrected chi connectivity index (χ3v) is 9.45. The number of carbonyl (C=O) groups is 4. The molecule has 0 saturated carbocycles. The minimum absolute atomic E-state index is 0.0289. The molecule has 11 heteroatoms. The Morgan fingerprint density at radius 3 is 2.04 bits per heavy atom. The van der Waals surface area contributed by atoms with E-state index in [1.165, 1.54) is 17.8 Å². The Labute approximate surface area is 316 Å². The van der Waals surface area contributed by atoms with E-state index in [-0.39, 0.29) is 11.6 Å². The highest BCUT2D eigenvalue weighted by atomic mass is 35.5. The van der Waals surface area contributed by atoms with Crippen molar-refractivity contribution in [2.45, 2.75) is 29.9 Å². The lowest BCUT2D eigenvalue weighted by atomic mass is 10.1. The molecule has 264 valence electrons. The molecule has 5 aromatic rings. The van der Waals surface area contributed by atoms with Gasteiger partial charge in [0.15, 0.2) is 0 Å². The summed E-state index contributed by atoms with van der Waals surface area (Å²) in [6.45, 7) is 2.39. The molecule has 0 fully saturated rings. The van der Waals surface area contributed by atoms with Gasteiger partial charge in [0.2, 0.25) is 5.91 Å². The van der Waals surface area contributed by atoms with Gasteiger partial charge in [0, 0.05) is 31.9 Å². The summed E-state index contributed by atoms with van der Waals surface area (Å²) < 4.78 is 5.28. The Morgan fingerprint density at radius 2 is 1.38 bits per heavy atom. The number of esters is 1. The lowest BCUT2D eigenvalue weighted by molar-refractivity contribution is -0.116. The first-order valence-electron chi connectivity index (χ1n) is 16.4. The molecule has 52 heavy (non-hydrogen) atoms. The molecule has 0 radical (unpaired) electrons. The third-order valence-electron chi connectivity index (χ3n) is 7.62. The van der Waals surface area contributed by atoms with Gasteiger partial charge in [0.25, 0.3) is 11.8 Å². The number of rotatable bonds is 14. The van der Waals surface area contributed by atoms with E-state index >= 15 is 0 Å². The summed E-state index contributed by atoms with van der Waals surface area (Å²) in [7, 11) is 0. The summed E-state index contributed by atoms with van der Waals surface area (Å²) in [6.07, 6.45) is 3.20. The predicted molar refractivity (Wildman–Crippen MR) is 209 cm³/mol. The zero-order chi connectivity index (χ0) is 36.9. The lowest BCUT2D eigenvalue weighted by Crippen LogP contribution is -2.30. The number of hydrogen-bond acceptors (Lipinski definition) is 6. The Hall–Kier alpha value is -5.35. The SMILES string of the molecule is CCCCOC(=O)c1ccc(NC(=O)C(Sc2ccc(NC(=O)/C(=C/c3ccc(Cl)cc3Cl)NC(=O)c3ccccc3)cc2)c2ccccc2)cc1. The topological polar surface area (TPSA) is 114 Å². The Kier molecular flexibility index (Phi) is 13.7. The van der Waals surface area contributed by atoms with Crippen molar-refractivity contribution in [2.24, 2.45) is 0 Å². The molecular weight excluding hydrogens is 717 g/mol. The van der Waals surface area contributed by atoms with Crippen LogP contribution in [0.15, 0.2) is 138 Å². The van der Waals surface area contributed by atoms with E-state index in [2.05, 4.69) is 16.0 Å². The molecule has 0 aromatic heterocycles. The highest BCUT2D eigenvalue weighted by molar-refractivity contribution is 8.00. The number of hydrogen-bond donors (Lipinski definition) is 3. The van der Waals surface area contributed by atoms with Crippen LogP contribution in [0, 0.1) is 0 Å². The van der Waals surface area contributed by atoms with E-state index < -0.39 is 23.0 Å². The molecule has 0 aliphatic heterocycles. The predicted octanol–water partition coefficient (Wildman–Crippen LogP) is 9.83. The average molecular weight is 753 g/mol. The van der Waals surface area contributed by atoms with Gasteiger partial charge in [-0.2, -0.15) is 0 Å². The average Bonchev–Trinajstić information content (AvgIpc) is 3.16. The molecule has 0 heterocycles. The monoisotopic (exact) mass is 751 g/mol. The zero-order valence-corrected chi connectivity index (χ0v) is 30.4. The van der Waals surface area contributed by atoms with Crippen molar-refractivity contribution in [2.75, 3.05) is 17.2 Å². The van der Waals surface area contributed by atoms with Gasteiger partial charge in [-0.05, 0) is 96.4 Å². The maximum absolute atomic E-state index is 13.6. The number of anilines is 2. The van der Waals surface area contributed by atoms with Gasteiger partial charge in [-0.1, -0.05) is 91.1 Å². The van der Waals surface area contributed by atoms with Crippen LogP contribution < -0.4 is 16.0 Å². The van der Waals surface area contributed by atoms with E-state index in [9.17, 15) is 19.2 Å². The fourth-order valence-electron chi connectivity index (χ4n) is 4.86. The van der Waals surface area contributed by atoms with Crippen LogP contribution in [0.5, 0.6) is 0 Å². The maximum Gasteiger partial charge on any atom is 0.338 e. The molecular formula is C41H35Cl2N3O5S. The van der Waals surface area contributed by atoms with E-state index in [4.69, 9.17) is 27.9 Å². The number of halogens is 2. The van der Waals surface area contributed by atoms with Crippen LogP contribution in [0.3, 0.4) is 0 Å². The van der Waals surface area contributed by atoms with Crippen molar-refractivity contribution in [1.29, 1.82) is 0 Å². The van der Waals surface area contributed by atoms with E-state index in [0.29, 0.717) is 44.7 Å². The molecule has 3 N–H and O–H groups in total. The first-order valence-corrected chi connectivity index (χ1v) is 18.1. The van der Waals surface area contributed by atoms with Crippen LogP contribution in [0.25, 0.3) is 6.08 Å². The second kappa shape index (κ2) is 18.8. The number of amides is 3. The quantitative estimate of drug-likeness (QED) is 0.0451. The molecule has 0 aliphatic carbocycles. The summed E-state index contributed by atoms with van der Waals surface area (Å²) in [5.41, 5.74) is 3.04. The van der Waals surface area contributed by atoms with Gasteiger partial charge in [-0.3, -0.25) is 14.4 Å². The maximum atomic E-state index is 13.6. The first kappa shape index (κ1) is 37.9. The van der Waals surface area contributed by atoms with Crippen LogP contribution in [0.1, 0.15) is 56.9 Å². The van der Waals surface area contributed by atoms with Gasteiger partial charge < -0.3 is 20.7 Å². The van der Waals surface area contributed by atoms with Crippen molar-refractivity contribution in [3.63, 3.8) is 0 Å². The van der Waals surface area contributed by atoms with Crippen LogP contribution in [0.2, 0.25) is 10.0 Å². The molecule has 0 aliphatic rings.